The predicted octanol–water partition coefficient (Wildman–Crippen LogP) is 1.11. The Kier molecular flexibility index (Phi) is 2.80. The maximum absolute atomic E-state index is 4.28. The van der Waals surface area contributed by atoms with E-state index < -0.39 is 0 Å². The zero-order valence-electron chi connectivity index (χ0n) is 9.09. The third-order valence-corrected chi connectivity index (χ3v) is 2.42. The summed E-state index contributed by atoms with van der Waals surface area (Å²) < 4.78 is 4.01. The summed E-state index contributed by atoms with van der Waals surface area (Å²) in [4.78, 5) is 8.52. The molecule has 0 atom stereocenters. The molecule has 0 aliphatic heterocycles. The lowest BCUT2D eigenvalue weighted by Crippen LogP contribution is -2.10. The van der Waals surface area contributed by atoms with Crippen molar-refractivity contribution >= 4 is 0 Å². The van der Waals surface area contributed by atoms with Gasteiger partial charge in [-0.05, 0) is 6.92 Å². The highest BCUT2D eigenvalue weighted by molar-refractivity contribution is 4.96. The molecule has 0 unspecified atom stereocenters. The summed E-state index contributed by atoms with van der Waals surface area (Å²) in [7, 11) is 0. The molecule has 2 aromatic heterocycles. The molecule has 2 rings (SSSR count). The average Bonchev–Trinajstić information content (AvgIpc) is 2.87. The van der Waals surface area contributed by atoms with Crippen LogP contribution in [0.5, 0.6) is 0 Å². The van der Waals surface area contributed by atoms with Gasteiger partial charge in [0.1, 0.15) is 18.0 Å². The number of hydrogen-bond acceptors (Lipinski definition) is 3. The number of rotatable bonds is 4. The first-order valence-electron chi connectivity index (χ1n) is 5.21. The number of imidazole rings is 1. The molecule has 0 radical (unpaired) electrons. The second kappa shape index (κ2) is 4.25. The summed E-state index contributed by atoms with van der Waals surface area (Å²) >= 11 is 0. The van der Waals surface area contributed by atoms with Gasteiger partial charge in [-0.15, -0.1) is 0 Å². The van der Waals surface area contributed by atoms with E-state index in [1.165, 1.54) is 0 Å². The molecule has 0 saturated carbocycles. The van der Waals surface area contributed by atoms with Crippen molar-refractivity contribution in [3.8, 4) is 0 Å². The van der Waals surface area contributed by atoms with E-state index >= 15 is 0 Å². The van der Waals surface area contributed by atoms with Crippen LogP contribution in [0.15, 0.2) is 18.7 Å². The predicted molar refractivity (Wildman–Crippen MR) is 56.4 cm³/mol. The van der Waals surface area contributed by atoms with Gasteiger partial charge >= 0.3 is 0 Å². The van der Waals surface area contributed by atoms with Gasteiger partial charge in [0.05, 0.1) is 6.54 Å². The lowest BCUT2D eigenvalue weighted by Gasteiger charge is -2.06. The first-order valence-corrected chi connectivity index (χ1v) is 5.21. The van der Waals surface area contributed by atoms with E-state index in [-0.39, 0.29) is 0 Å². The maximum Gasteiger partial charge on any atom is 0.146 e. The first kappa shape index (κ1) is 9.89. The van der Waals surface area contributed by atoms with Gasteiger partial charge in [-0.25, -0.2) is 14.6 Å². The first-order chi connectivity index (χ1) is 7.35. The van der Waals surface area contributed by atoms with Gasteiger partial charge in [-0.2, -0.15) is 5.10 Å². The zero-order valence-corrected chi connectivity index (χ0v) is 9.09. The summed E-state index contributed by atoms with van der Waals surface area (Å²) in [5.74, 6) is 2.06. The molecule has 0 bridgehead atoms. The number of hydrogen-bond donors (Lipinski definition) is 0. The standard InChI is InChI=1S/C10H15N5/c1-3-9-11-5-6-14(9)7-10-12-8-13-15(10)4-2/h5-6,8H,3-4,7H2,1-2H3. The summed E-state index contributed by atoms with van der Waals surface area (Å²) in [5, 5.41) is 4.14. The molecule has 5 nitrogen and oxygen atoms in total. The van der Waals surface area contributed by atoms with E-state index in [2.05, 4.69) is 33.5 Å². The van der Waals surface area contributed by atoms with Crippen molar-refractivity contribution in [3.63, 3.8) is 0 Å². The Balaban J connectivity index is 2.21. The van der Waals surface area contributed by atoms with Gasteiger partial charge in [0.25, 0.3) is 0 Å². The Labute approximate surface area is 88.8 Å². The SMILES string of the molecule is CCc1nccn1Cc1ncnn1CC. The highest BCUT2D eigenvalue weighted by Gasteiger charge is 2.06. The van der Waals surface area contributed by atoms with E-state index in [0.29, 0.717) is 0 Å². The fraction of sp³-hybridized carbons (Fsp3) is 0.500. The molecule has 5 heteroatoms. The Bertz CT molecular complexity index is 388. The van der Waals surface area contributed by atoms with Crippen LogP contribution in [0.1, 0.15) is 25.5 Å². The second-order valence-electron chi connectivity index (χ2n) is 3.32. The van der Waals surface area contributed by atoms with Crippen LogP contribution >= 0.6 is 0 Å². The third kappa shape index (κ3) is 1.91. The van der Waals surface area contributed by atoms with Crippen molar-refractivity contribution in [2.45, 2.75) is 33.4 Å². The van der Waals surface area contributed by atoms with Gasteiger partial charge < -0.3 is 4.57 Å². The molecule has 15 heavy (non-hydrogen) atoms. The maximum atomic E-state index is 4.28. The Morgan fingerprint density at radius 1 is 1.20 bits per heavy atom. The quantitative estimate of drug-likeness (QED) is 0.751. The molecular weight excluding hydrogens is 190 g/mol. The Morgan fingerprint density at radius 3 is 2.80 bits per heavy atom. The monoisotopic (exact) mass is 205 g/mol. The number of aryl methyl sites for hydroxylation is 2. The fourth-order valence-electron chi connectivity index (χ4n) is 1.63. The van der Waals surface area contributed by atoms with Crippen molar-refractivity contribution in [3.05, 3.63) is 30.4 Å². The lowest BCUT2D eigenvalue weighted by molar-refractivity contribution is 0.583. The molecule has 0 amide bonds. The van der Waals surface area contributed by atoms with Crippen LogP contribution in [0, 0.1) is 0 Å². The van der Waals surface area contributed by atoms with Gasteiger partial charge in [0.15, 0.2) is 0 Å². The van der Waals surface area contributed by atoms with E-state index in [1.54, 1.807) is 6.33 Å². The van der Waals surface area contributed by atoms with Crippen LogP contribution in [0.3, 0.4) is 0 Å². The largest absolute Gasteiger partial charge is 0.327 e. The van der Waals surface area contributed by atoms with Crippen molar-refractivity contribution in [1.82, 2.24) is 24.3 Å². The van der Waals surface area contributed by atoms with Crippen molar-refractivity contribution in [2.75, 3.05) is 0 Å². The Hall–Kier alpha value is -1.65. The smallest absolute Gasteiger partial charge is 0.146 e. The second-order valence-corrected chi connectivity index (χ2v) is 3.32. The van der Waals surface area contributed by atoms with Gasteiger partial charge in [-0.1, -0.05) is 6.92 Å². The zero-order chi connectivity index (χ0) is 10.7. The van der Waals surface area contributed by atoms with Crippen molar-refractivity contribution in [1.29, 1.82) is 0 Å². The molecule has 2 aromatic rings. The number of aromatic nitrogens is 5. The summed E-state index contributed by atoms with van der Waals surface area (Å²) in [6, 6.07) is 0. The van der Waals surface area contributed by atoms with Crippen molar-refractivity contribution < 1.29 is 0 Å². The molecule has 0 aliphatic carbocycles. The molecule has 2 heterocycles. The lowest BCUT2D eigenvalue weighted by atomic mass is 10.4. The van der Waals surface area contributed by atoms with Gasteiger partial charge in [-0.3, -0.25) is 0 Å². The molecule has 0 fully saturated rings. The molecular formula is C10H15N5. The van der Waals surface area contributed by atoms with Crippen LogP contribution in [0.25, 0.3) is 0 Å². The van der Waals surface area contributed by atoms with Gasteiger partial charge in [0.2, 0.25) is 0 Å². The van der Waals surface area contributed by atoms with Crippen LogP contribution in [-0.2, 0) is 19.5 Å². The van der Waals surface area contributed by atoms with E-state index in [4.69, 9.17) is 0 Å². The minimum Gasteiger partial charge on any atom is -0.327 e. The van der Waals surface area contributed by atoms with E-state index in [0.717, 1.165) is 31.2 Å². The fourth-order valence-corrected chi connectivity index (χ4v) is 1.63. The van der Waals surface area contributed by atoms with Crippen LogP contribution in [-0.4, -0.2) is 24.3 Å². The molecule has 0 saturated heterocycles. The van der Waals surface area contributed by atoms with E-state index in [9.17, 15) is 0 Å². The summed E-state index contributed by atoms with van der Waals surface area (Å²) in [5.41, 5.74) is 0. The number of nitrogens with zero attached hydrogens (tertiary/aromatic N) is 5. The Morgan fingerprint density at radius 2 is 2.07 bits per heavy atom. The van der Waals surface area contributed by atoms with Gasteiger partial charge in [0, 0.05) is 25.4 Å². The summed E-state index contributed by atoms with van der Waals surface area (Å²) in [6.07, 6.45) is 6.34. The normalized spacial score (nSPS) is 10.8. The van der Waals surface area contributed by atoms with Crippen LogP contribution < -0.4 is 0 Å². The summed E-state index contributed by atoms with van der Waals surface area (Å²) in [6.45, 7) is 5.76. The van der Waals surface area contributed by atoms with E-state index in [1.807, 2.05) is 17.1 Å². The molecule has 0 spiro atoms. The third-order valence-electron chi connectivity index (χ3n) is 2.42. The van der Waals surface area contributed by atoms with Crippen LogP contribution in [0.2, 0.25) is 0 Å². The minimum atomic E-state index is 0.747. The highest BCUT2D eigenvalue weighted by atomic mass is 15.3. The topological polar surface area (TPSA) is 48.5 Å². The molecule has 0 aliphatic rings. The molecule has 80 valence electrons. The molecule has 0 aromatic carbocycles. The molecule has 0 N–H and O–H groups in total. The van der Waals surface area contributed by atoms with Crippen molar-refractivity contribution in [2.24, 2.45) is 0 Å². The van der Waals surface area contributed by atoms with Crippen LogP contribution in [0.4, 0.5) is 0 Å². The highest BCUT2D eigenvalue weighted by Crippen LogP contribution is 2.03. The minimum absolute atomic E-state index is 0.747. The average molecular weight is 205 g/mol.